The normalized spacial score (nSPS) is 18.0. The summed E-state index contributed by atoms with van der Waals surface area (Å²) in [6, 6.07) is 15.5. The number of anilines is 1. The largest absolute Gasteiger partial charge is 0.497 e. The van der Waals surface area contributed by atoms with E-state index in [1.54, 1.807) is 30.2 Å². The minimum atomic E-state index is -0.857. The zero-order chi connectivity index (χ0) is 22.7. The van der Waals surface area contributed by atoms with Gasteiger partial charge in [-0.15, -0.1) is 0 Å². The third-order valence-corrected chi connectivity index (χ3v) is 6.47. The molecule has 2 aromatic carbocycles. The summed E-state index contributed by atoms with van der Waals surface area (Å²) in [6.07, 6.45) is 2.87. The highest BCUT2D eigenvalue weighted by Gasteiger charge is 2.44. The lowest BCUT2D eigenvalue weighted by Crippen LogP contribution is -2.35. The summed E-state index contributed by atoms with van der Waals surface area (Å²) in [7, 11) is 1.65. The molecule has 1 atom stereocenters. The molecule has 2 aromatic rings. The van der Waals surface area contributed by atoms with Crippen LogP contribution in [0.5, 0.6) is 5.75 Å². The first-order valence-electron chi connectivity index (χ1n) is 10.9. The van der Waals surface area contributed by atoms with E-state index < -0.39 is 5.97 Å². The molecule has 1 aliphatic heterocycles. The Hall–Kier alpha value is -3.37. The number of aliphatic carboxylic acids is 1. The SMILES string of the molecule is COc1cccc(C2(NCCC(=O)N3CC(CCC(=O)O)c4cc(C#N)ccc43)CC2)c1. The van der Waals surface area contributed by atoms with Crippen molar-refractivity contribution in [2.75, 3.05) is 25.1 Å². The Balaban J connectivity index is 1.41. The predicted molar refractivity (Wildman–Crippen MR) is 120 cm³/mol. The summed E-state index contributed by atoms with van der Waals surface area (Å²) < 4.78 is 5.34. The maximum Gasteiger partial charge on any atom is 0.303 e. The Morgan fingerprint density at radius 2 is 2.06 bits per heavy atom. The molecule has 2 aliphatic rings. The second-order valence-electron chi connectivity index (χ2n) is 8.51. The zero-order valence-corrected chi connectivity index (χ0v) is 18.1. The van der Waals surface area contributed by atoms with Crippen LogP contribution in [0.4, 0.5) is 5.69 Å². The lowest BCUT2D eigenvalue weighted by Gasteiger charge is -2.21. The van der Waals surface area contributed by atoms with Crippen molar-refractivity contribution >= 4 is 17.6 Å². The highest BCUT2D eigenvalue weighted by molar-refractivity contribution is 5.96. The maximum absolute atomic E-state index is 13.1. The first kappa shape index (κ1) is 21.8. The lowest BCUT2D eigenvalue weighted by atomic mass is 9.95. The number of carboxylic acids is 1. The van der Waals surface area contributed by atoms with Gasteiger partial charge < -0.3 is 20.1 Å². The lowest BCUT2D eigenvalue weighted by molar-refractivity contribution is -0.137. The number of rotatable bonds is 9. The number of fused-ring (bicyclic) bond motifs is 1. The Morgan fingerprint density at radius 1 is 1.25 bits per heavy atom. The number of hydrogen-bond donors (Lipinski definition) is 2. The van der Waals surface area contributed by atoms with Crippen LogP contribution in [0, 0.1) is 11.3 Å². The molecule has 7 nitrogen and oxygen atoms in total. The highest BCUT2D eigenvalue weighted by Crippen LogP contribution is 2.46. The van der Waals surface area contributed by atoms with Gasteiger partial charge in [0.2, 0.25) is 5.91 Å². The number of ether oxygens (including phenoxy) is 1. The molecule has 1 fully saturated rings. The van der Waals surface area contributed by atoms with Crippen molar-refractivity contribution in [1.82, 2.24) is 5.32 Å². The Morgan fingerprint density at radius 3 is 2.75 bits per heavy atom. The number of amides is 1. The summed E-state index contributed by atoms with van der Waals surface area (Å²) in [6.45, 7) is 1.01. The van der Waals surface area contributed by atoms with E-state index in [0.29, 0.717) is 31.5 Å². The molecule has 166 valence electrons. The van der Waals surface area contributed by atoms with Crippen molar-refractivity contribution in [2.45, 2.75) is 43.6 Å². The fourth-order valence-electron chi connectivity index (χ4n) is 4.55. The maximum atomic E-state index is 13.1. The molecule has 0 saturated heterocycles. The van der Waals surface area contributed by atoms with Crippen LogP contribution in [0.1, 0.15) is 54.7 Å². The van der Waals surface area contributed by atoms with E-state index in [2.05, 4.69) is 17.5 Å². The van der Waals surface area contributed by atoms with E-state index in [-0.39, 0.29) is 23.8 Å². The van der Waals surface area contributed by atoms with Crippen molar-refractivity contribution in [3.63, 3.8) is 0 Å². The van der Waals surface area contributed by atoms with Gasteiger partial charge in [-0.05, 0) is 60.7 Å². The Bertz CT molecular complexity index is 1070. The van der Waals surface area contributed by atoms with Crippen LogP contribution >= 0.6 is 0 Å². The van der Waals surface area contributed by atoms with Gasteiger partial charge in [-0.3, -0.25) is 9.59 Å². The standard InChI is InChI=1S/C25H27N3O4/c1-32-20-4-2-3-19(14-20)25(10-11-25)27-12-9-23(29)28-16-18(6-8-24(30)31)21-13-17(15-26)5-7-22(21)28/h2-5,7,13-14,18,27H,6,8-12,16H2,1H3,(H,30,31). The molecule has 1 aliphatic carbocycles. The van der Waals surface area contributed by atoms with Gasteiger partial charge in [0.25, 0.3) is 0 Å². The average Bonchev–Trinajstić information content (AvgIpc) is 3.51. The summed E-state index contributed by atoms with van der Waals surface area (Å²) in [4.78, 5) is 25.9. The monoisotopic (exact) mass is 433 g/mol. The first-order valence-corrected chi connectivity index (χ1v) is 10.9. The molecule has 1 heterocycles. The van der Waals surface area contributed by atoms with E-state index in [0.717, 1.165) is 29.8 Å². The number of carbonyl (C=O) groups excluding carboxylic acids is 1. The van der Waals surface area contributed by atoms with Crippen molar-refractivity contribution < 1.29 is 19.4 Å². The van der Waals surface area contributed by atoms with Crippen LogP contribution < -0.4 is 15.0 Å². The molecule has 1 unspecified atom stereocenters. The number of methoxy groups -OCH3 is 1. The van der Waals surface area contributed by atoms with Crippen LogP contribution in [-0.4, -0.2) is 37.2 Å². The summed E-state index contributed by atoms with van der Waals surface area (Å²) in [5.74, 6) is -0.103. The molecule has 7 heteroatoms. The fraction of sp³-hybridized carbons (Fsp3) is 0.400. The number of nitrogens with one attached hydrogen (secondary N) is 1. The van der Waals surface area contributed by atoms with Crippen molar-refractivity contribution in [1.29, 1.82) is 5.26 Å². The topological polar surface area (TPSA) is 103 Å². The van der Waals surface area contributed by atoms with E-state index in [1.165, 1.54) is 5.56 Å². The summed E-state index contributed by atoms with van der Waals surface area (Å²) in [5, 5.41) is 21.9. The van der Waals surface area contributed by atoms with E-state index in [4.69, 9.17) is 9.84 Å². The average molecular weight is 434 g/mol. The fourth-order valence-corrected chi connectivity index (χ4v) is 4.55. The van der Waals surface area contributed by atoms with Gasteiger partial charge in [0, 0.05) is 43.1 Å². The van der Waals surface area contributed by atoms with Gasteiger partial charge in [0.1, 0.15) is 5.75 Å². The minimum Gasteiger partial charge on any atom is -0.497 e. The highest BCUT2D eigenvalue weighted by atomic mass is 16.5. The van der Waals surface area contributed by atoms with Crippen LogP contribution in [-0.2, 0) is 15.1 Å². The van der Waals surface area contributed by atoms with Crippen molar-refractivity contribution in [3.05, 3.63) is 59.2 Å². The molecule has 4 rings (SSSR count). The molecule has 0 radical (unpaired) electrons. The zero-order valence-electron chi connectivity index (χ0n) is 18.1. The van der Waals surface area contributed by atoms with E-state index in [9.17, 15) is 14.9 Å². The predicted octanol–water partition coefficient (Wildman–Crippen LogP) is 3.53. The Labute approximate surface area is 187 Å². The van der Waals surface area contributed by atoms with Crippen LogP contribution in [0.2, 0.25) is 0 Å². The van der Waals surface area contributed by atoms with Gasteiger partial charge in [-0.2, -0.15) is 5.26 Å². The van der Waals surface area contributed by atoms with E-state index >= 15 is 0 Å². The second-order valence-corrected chi connectivity index (χ2v) is 8.51. The summed E-state index contributed by atoms with van der Waals surface area (Å²) in [5.41, 5.74) is 3.28. The van der Waals surface area contributed by atoms with Gasteiger partial charge in [0.05, 0.1) is 18.7 Å². The third kappa shape index (κ3) is 4.46. The van der Waals surface area contributed by atoms with Gasteiger partial charge in [-0.25, -0.2) is 0 Å². The number of carboxylic acid groups (broad SMARTS) is 1. The molecule has 0 spiro atoms. The molecule has 2 N–H and O–H groups in total. The van der Waals surface area contributed by atoms with Crippen LogP contribution in [0.3, 0.4) is 0 Å². The van der Waals surface area contributed by atoms with E-state index in [1.807, 2.05) is 18.2 Å². The van der Waals surface area contributed by atoms with Crippen molar-refractivity contribution in [2.24, 2.45) is 0 Å². The van der Waals surface area contributed by atoms with Crippen LogP contribution in [0.25, 0.3) is 0 Å². The smallest absolute Gasteiger partial charge is 0.303 e. The molecular weight excluding hydrogens is 406 g/mol. The number of hydrogen-bond acceptors (Lipinski definition) is 5. The molecular formula is C25H27N3O4. The first-order chi connectivity index (χ1) is 15.5. The number of nitrogens with zero attached hydrogens (tertiary/aromatic N) is 2. The third-order valence-electron chi connectivity index (χ3n) is 6.47. The number of benzene rings is 2. The van der Waals surface area contributed by atoms with Gasteiger partial charge in [0.15, 0.2) is 0 Å². The quantitative estimate of drug-likeness (QED) is 0.627. The number of nitriles is 1. The molecule has 0 aromatic heterocycles. The number of carbonyl (C=O) groups is 2. The van der Waals surface area contributed by atoms with Gasteiger partial charge >= 0.3 is 5.97 Å². The van der Waals surface area contributed by atoms with Gasteiger partial charge in [-0.1, -0.05) is 12.1 Å². The Kier molecular flexibility index (Phi) is 6.15. The summed E-state index contributed by atoms with van der Waals surface area (Å²) >= 11 is 0. The van der Waals surface area contributed by atoms with Crippen LogP contribution in [0.15, 0.2) is 42.5 Å². The molecule has 1 amide bonds. The molecule has 0 bridgehead atoms. The molecule has 1 saturated carbocycles. The van der Waals surface area contributed by atoms with Crippen molar-refractivity contribution in [3.8, 4) is 11.8 Å². The minimum absolute atomic E-state index is 0.00252. The second kappa shape index (κ2) is 9.01. The molecule has 32 heavy (non-hydrogen) atoms.